The first-order valence-corrected chi connectivity index (χ1v) is 12.9. The number of halogens is 3. The number of nitrogens with zero attached hydrogens (tertiary/aromatic N) is 4. The van der Waals surface area contributed by atoms with E-state index < -0.39 is 21.8 Å². The molecule has 0 bridgehead atoms. The van der Waals surface area contributed by atoms with Crippen LogP contribution < -0.4 is 10.2 Å². The van der Waals surface area contributed by atoms with Crippen LogP contribution in [-0.4, -0.2) is 54.6 Å². The zero-order valence-electron chi connectivity index (χ0n) is 18.6. The molecule has 2 aromatic rings. The Bertz CT molecular complexity index is 1100. The number of aromatic nitrogens is 2. The van der Waals surface area contributed by atoms with E-state index in [4.69, 9.17) is 0 Å². The van der Waals surface area contributed by atoms with Crippen molar-refractivity contribution in [3.8, 4) is 0 Å². The monoisotopic (exact) mass is 483 g/mol. The number of hydrogen-bond acceptors (Lipinski definition) is 6. The van der Waals surface area contributed by atoms with E-state index >= 15 is 0 Å². The van der Waals surface area contributed by atoms with Crippen molar-refractivity contribution in [3.05, 3.63) is 41.6 Å². The number of rotatable bonds is 5. The summed E-state index contributed by atoms with van der Waals surface area (Å²) in [7, 11) is -3.22. The standard InChI is InChI=1S/C22H28F3N5O2S/c1-15-4-3-9-30(15)21-13-17(16-6-10-29(11-7-16)33(2,31)32)12-20(28-21)27-19-14-18(5-8-26-19)22(23,24)25/h5,8,12-16H,3-4,6-7,9-11H2,1-2H3,(H,26,27,28). The molecule has 2 aliphatic heterocycles. The SMILES string of the molecule is CC1CCCN1c1cc(C2CCN(S(C)(=O)=O)CC2)cc(Nc2cc(C(F)(F)F)ccn2)n1. The van der Waals surface area contributed by atoms with E-state index in [1.807, 2.05) is 12.1 Å². The Balaban J connectivity index is 1.63. The van der Waals surface area contributed by atoms with Crippen LogP contribution in [-0.2, 0) is 16.2 Å². The first-order chi connectivity index (χ1) is 15.5. The van der Waals surface area contributed by atoms with Crippen molar-refractivity contribution in [1.29, 1.82) is 0 Å². The normalized spacial score (nSPS) is 20.9. The van der Waals surface area contributed by atoms with Crippen LogP contribution in [0.1, 0.15) is 49.7 Å². The lowest BCUT2D eigenvalue weighted by molar-refractivity contribution is -0.137. The second kappa shape index (κ2) is 9.09. The summed E-state index contributed by atoms with van der Waals surface area (Å²) in [6, 6.07) is 6.10. The smallest absolute Gasteiger partial charge is 0.354 e. The average molecular weight is 484 g/mol. The molecule has 0 saturated carbocycles. The third-order valence-corrected chi connectivity index (χ3v) is 7.72. The molecule has 7 nitrogen and oxygen atoms in total. The van der Waals surface area contributed by atoms with Crippen LogP contribution in [0.3, 0.4) is 0 Å². The summed E-state index contributed by atoms with van der Waals surface area (Å²) in [6.45, 7) is 3.89. The second-order valence-electron chi connectivity index (χ2n) is 8.82. The molecule has 11 heteroatoms. The molecule has 0 radical (unpaired) electrons. The highest BCUT2D eigenvalue weighted by molar-refractivity contribution is 7.88. The van der Waals surface area contributed by atoms with Crippen LogP contribution in [0.25, 0.3) is 0 Å². The Hall–Kier alpha value is -2.40. The van der Waals surface area contributed by atoms with Gasteiger partial charge in [-0.2, -0.15) is 13.2 Å². The minimum absolute atomic E-state index is 0.0711. The highest BCUT2D eigenvalue weighted by atomic mass is 32.2. The number of alkyl halides is 3. The predicted molar refractivity (Wildman–Crippen MR) is 121 cm³/mol. The Labute approximate surface area is 192 Å². The second-order valence-corrected chi connectivity index (χ2v) is 10.8. The van der Waals surface area contributed by atoms with Gasteiger partial charge < -0.3 is 10.2 Å². The maximum atomic E-state index is 13.1. The molecule has 33 heavy (non-hydrogen) atoms. The number of piperidine rings is 1. The molecule has 0 aromatic carbocycles. The van der Waals surface area contributed by atoms with Crippen LogP contribution in [0.4, 0.5) is 30.6 Å². The first kappa shape index (κ1) is 23.7. The van der Waals surface area contributed by atoms with Crippen molar-refractivity contribution in [2.75, 3.05) is 36.1 Å². The van der Waals surface area contributed by atoms with E-state index in [0.717, 1.165) is 49.1 Å². The van der Waals surface area contributed by atoms with E-state index in [0.29, 0.717) is 37.8 Å². The first-order valence-electron chi connectivity index (χ1n) is 11.0. The maximum absolute atomic E-state index is 13.1. The molecule has 0 amide bonds. The Kier molecular flexibility index (Phi) is 6.54. The van der Waals surface area contributed by atoms with Crippen LogP contribution in [0.15, 0.2) is 30.5 Å². The van der Waals surface area contributed by atoms with Gasteiger partial charge in [-0.25, -0.2) is 22.7 Å². The van der Waals surface area contributed by atoms with E-state index in [1.54, 1.807) is 0 Å². The largest absolute Gasteiger partial charge is 0.416 e. The third kappa shape index (κ3) is 5.57. The van der Waals surface area contributed by atoms with Gasteiger partial charge in [-0.05, 0) is 68.4 Å². The minimum atomic E-state index is -4.46. The van der Waals surface area contributed by atoms with Gasteiger partial charge in [0.1, 0.15) is 17.5 Å². The summed E-state index contributed by atoms with van der Waals surface area (Å²) >= 11 is 0. The zero-order valence-corrected chi connectivity index (χ0v) is 19.5. The molecule has 1 atom stereocenters. The van der Waals surface area contributed by atoms with Gasteiger partial charge in [0.05, 0.1) is 11.8 Å². The molecule has 180 valence electrons. The molecule has 2 saturated heterocycles. The molecule has 0 spiro atoms. The highest BCUT2D eigenvalue weighted by Crippen LogP contribution is 2.35. The van der Waals surface area contributed by atoms with Gasteiger partial charge in [0.25, 0.3) is 0 Å². The van der Waals surface area contributed by atoms with Crippen molar-refractivity contribution in [2.45, 2.75) is 50.7 Å². The Morgan fingerprint density at radius 3 is 2.39 bits per heavy atom. The summed E-state index contributed by atoms with van der Waals surface area (Å²) in [5.41, 5.74) is 0.222. The fraction of sp³-hybridized carbons (Fsp3) is 0.545. The quantitative estimate of drug-likeness (QED) is 0.681. The number of pyridine rings is 2. The van der Waals surface area contributed by atoms with Crippen LogP contribution in [0, 0.1) is 0 Å². The summed E-state index contributed by atoms with van der Waals surface area (Å²) in [4.78, 5) is 10.9. The number of hydrogen-bond donors (Lipinski definition) is 1. The lowest BCUT2D eigenvalue weighted by Gasteiger charge is -2.31. The van der Waals surface area contributed by atoms with Crippen LogP contribution >= 0.6 is 0 Å². The summed E-state index contributed by atoms with van der Waals surface area (Å²) in [6.07, 6.45) is 1.34. The van der Waals surface area contributed by atoms with Gasteiger partial charge in [-0.1, -0.05) is 0 Å². The molecule has 2 aromatic heterocycles. The average Bonchev–Trinajstić information content (AvgIpc) is 3.18. The van der Waals surface area contributed by atoms with E-state index in [1.165, 1.54) is 10.6 Å². The summed E-state index contributed by atoms with van der Waals surface area (Å²) in [5.74, 6) is 1.41. The Morgan fingerprint density at radius 1 is 1.06 bits per heavy atom. The number of sulfonamides is 1. The van der Waals surface area contributed by atoms with Gasteiger partial charge in [0, 0.05) is 31.9 Å². The van der Waals surface area contributed by atoms with Gasteiger partial charge in [-0.15, -0.1) is 0 Å². The van der Waals surface area contributed by atoms with Gasteiger partial charge in [0.15, 0.2) is 0 Å². The van der Waals surface area contributed by atoms with E-state index in [9.17, 15) is 21.6 Å². The lowest BCUT2D eigenvalue weighted by atomic mass is 9.90. The molecule has 4 rings (SSSR count). The maximum Gasteiger partial charge on any atom is 0.416 e. The fourth-order valence-electron chi connectivity index (χ4n) is 4.58. The van der Waals surface area contributed by atoms with Gasteiger partial charge >= 0.3 is 6.18 Å². The lowest BCUT2D eigenvalue weighted by Crippen LogP contribution is -2.37. The number of anilines is 3. The molecule has 0 aliphatic carbocycles. The topological polar surface area (TPSA) is 78.4 Å². The van der Waals surface area contributed by atoms with Crippen LogP contribution in [0.5, 0.6) is 0 Å². The van der Waals surface area contributed by atoms with Crippen LogP contribution in [0.2, 0.25) is 0 Å². The summed E-state index contributed by atoms with van der Waals surface area (Å²) < 4.78 is 64.6. The molecule has 1 N–H and O–H groups in total. The van der Waals surface area contributed by atoms with Gasteiger partial charge in [-0.3, -0.25) is 0 Å². The van der Waals surface area contributed by atoms with Crippen molar-refractivity contribution in [2.24, 2.45) is 0 Å². The number of nitrogens with one attached hydrogen (secondary N) is 1. The fourth-order valence-corrected chi connectivity index (χ4v) is 5.46. The van der Waals surface area contributed by atoms with Gasteiger partial charge in [0.2, 0.25) is 10.0 Å². The molecule has 2 aliphatic rings. The van der Waals surface area contributed by atoms with Crippen molar-refractivity contribution < 1.29 is 21.6 Å². The third-order valence-electron chi connectivity index (χ3n) is 6.42. The molecule has 4 heterocycles. The van der Waals surface area contributed by atoms with E-state index in [2.05, 4.69) is 27.1 Å². The molecular formula is C22H28F3N5O2S. The van der Waals surface area contributed by atoms with Crippen molar-refractivity contribution in [3.63, 3.8) is 0 Å². The van der Waals surface area contributed by atoms with Crippen molar-refractivity contribution in [1.82, 2.24) is 14.3 Å². The van der Waals surface area contributed by atoms with E-state index in [-0.39, 0.29) is 11.7 Å². The zero-order chi connectivity index (χ0) is 23.8. The highest BCUT2D eigenvalue weighted by Gasteiger charge is 2.31. The Morgan fingerprint density at radius 2 is 1.79 bits per heavy atom. The minimum Gasteiger partial charge on any atom is -0.354 e. The summed E-state index contributed by atoms with van der Waals surface area (Å²) in [5, 5.41) is 2.95. The predicted octanol–water partition coefficient (Wildman–Crippen LogP) is 4.37. The molecular weight excluding hydrogens is 455 g/mol. The molecule has 1 unspecified atom stereocenters. The van der Waals surface area contributed by atoms with Crippen molar-refractivity contribution >= 4 is 27.5 Å². The molecule has 2 fully saturated rings.